The van der Waals surface area contributed by atoms with Crippen LogP contribution in [0, 0.1) is 0 Å². The number of para-hydroxylation sites is 1. The predicted octanol–water partition coefficient (Wildman–Crippen LogP) is 3.85. The first kappa shape index (κ1) is 14.6. The van der Waals surface area contributed by atoms with Crippen LogP contribution in [0.2, 0.25) is 6.04 Å². The van der Waals surface area contributed by atoms with Gasteiger partial charge >= 0.3 is 8.32 Å². The van der Waals surface area contributed by atoms with Crippen molar-refractivity contribution in [1.82, 2.24) is 0 Å². The lowest BCUT2D eigenvalue weighted by molar-refractivity contribution is 0.563. The molecule has 3 aromatic carbocycles. The smallest absolute Gasteiger partial charge is 0.314 e. The Bertz CT molecular complexity index is 656. The second-order valence-electron chi connectivity index (χ2n) is 5.33. The van der Waals surface area contributed by atoms with E-state index in [0.29, 0.717) is 0 Å². The van der Waals surface area contributed by atoms with Gasteiger partial charge < -0.3 is 4.43 Å². The molecule has 0 aliphatic heterocycles. The highest BCUT2D eigenvalue weighted by Crippen LogP contribution is 2.19. The number of benzene rings is 3. The molecule has 0 saturated heterocycles. The summed E-state index contributed by atoms with van der Waals surface area (Å²) < 4.78 is 6.66. The van der Waals surface area contributed by atoms with Gasteiger partial charge in [-0.15, -0.1) is 0 Å². The molecule has 0 spiro atoms. The molecule has 0 atom stereocenters. The summed E-state index contributed by atoms with van der Waals surface area (Å²) in [5.41, 5.74) is 0. The van der Waals surface area contributed by atoms with E-state index in [0.717, 1.165) is 11.8 Å². The maximum Gasteiger partial charge on any atom is 0.314 e. The van der Waals surface area contributed by atoms with Crippen LogP contribution in [0.5, 0.6) is 5.75 Å². The molecular weight excluding hydrogens is 284 g/mol. The molecule has 0 N–H and O–H groups in total. The van der Waals surface area contributed by atoms with E-state index in [-0.39, 0.29) is 0 Å². The zero-order valence-corrected chi connectivity index (χ0v) is 13.8. The quantitative estimate of drug-likeness (QED) is 0.651. The highest BCUT2D eigenvalue weighted by molar-refractivity contribution is 6.97. The van der Waals surface area contributed by atoms with Crippen LogP contribution < -0.4 is 14.8 Å². The van der Waals surface area contributed by atoms with Gasteiger partial charge in [-0.3, -0.25) is 0 Å². The summed E-state index contributed by atoms with van der Waals surface area (Å²) in [5.74, 6) is 0.948. The molecule has 110 valence electrons. The van der Waals surface area contributed by atoms with Gasteiger partial charge in [0.05, 0.1) is 0 Å². The first-order valence-electron chi connectivity index (χ1n) is 7.70. The van der Waals surface area contributed by atoms with Crippen molar-refractivity contribution in [2.24, 2.45) is 0 Å². The van der Waals surface area contributed by atoms with Crippen LogP contribution in [0.1, 0.15) is 6.92 Å². The van der Waals surface area contributed by atoms with Crippen molar-refractivity contribution in [3.63, 3.8) is 0 Å². The highest BCUT2D eigenvalue weighted by Gasteiger charge is 2.39. The fourth-order valence-electron chi connectivity index (χ4n) is 2.87. The van der Waals surface area contributed by atoms with Crippen molar-refractivity contribution in [2.45, 2.75) is 13.0 Å². The normalized spacial score (nSPS) is 11.1. The molecule has 0 aliphatic carbocycles. The lowest BCUT2D eigenvalue weighted by Gasteiger charge is -2.32. The van der Waals surface area contributed by atoms with Crippen LogP contribution in [0.25, 0.3) is 0 Å². The monoisotopic (exact) mass is 304 g/mol. The van der Waals surface area contributed by atoms with Crippen LogP contribution >= 0.6 is 0 Å². The summed E-state index contributed by atoms with van der Waals surface area (Å²) in [5, 5.41) is 2.63. The van der Waals surface area contributed by atoms with Gasteiger partial charge in [-0.05, 0) is 28.6 Å². The number of hydrogen-bond acceptors (Lipinski definition) is 1. The summed E-state index contributed by atoms with van der Waals surface area (Å²) in [6.07, 6.45) is 0. The lowest BCUT2D eigenvalue weighted by atomic mass is 10.3. The lowest BCUT2D eigenvalue weighted by Crippen LogP contribution is -2.62. The molecule has 0 saturated carbocycles. The molecular formula is C20H20OSi. The van der Waals surface area contributed by atoms with Crippen LogP contribution in [0.3, 0.4) is 0 Å². The molecule has 0 aliphatic rings. The number of hydrogen-bond donors (Lipinski definition) is 0. The van der Waals surface area contributed by atoms with Crippen LogP contribution in [0.4, 0.5) is 0 Å². The van der Waals surface area contributed by atoms with Gasteiger partial charge in [0.1, 0.15) is 5.75 Å². The minimum absolute atomic E-state index is 0.948. The van der Waals surface area contributed by atoms with Crippen molar-refractivity contribution >= 4 is 18.7 Å². The van der Waals surface area contributed by atoms with E-state index in [2.05, 4.69) is 67.6 Å². The van der Waals surface area contributed by atoms with Crippen LogP contribution in [0.15, 0.2) is 91.0 Å². The Morgan fingerprint density at radius 3 is 1.45 bits per heavy atom. The van der Waals surface area contributed by atoms with Gasteiger partial charge in [0.2, 0.25) is 0 Å². The largest absolute Gasteiger partial charge is 0.535 e. The van der Waals surface area contributed by atoms with Gasteiger partial charge in [-0.1, -0.05) is 85.8 Å². The fourth-order valence-corrected chi connectivity index (χ4v) is 6.40. The minimum Gasteiger partial charge on any atom is -0.535 e. The fraction of sp³-hybridized carbons (Fsp3) is 0.100. The molecule has 3 rings (SSSR count). The van der Waals surface area contributed by atoms with E-state index in [1.807, 2.05) is 30.3 Å². The summed E-state index contributed by atoms with van der Waals surface area (Å²) in [7, 11) is -2.26. The third-order valence-electron chi connectivity index (χ3n) is 4.01. The molecule has 2 heteroatoms. The van der Waals surface area contributed by atoms with Crippen molar-refractivity contribution in [3.8, 4) is 5.75 Å². The third kappa shape index (κ3) is 2.83. The van der Waals surface area contributed by atoms with Crippen molar-refractivity contribution in [2.75, 3.05) is 0 Å². The second-order valence-corrected chi connectivity index (χ2v) is 9.05. The van der Waals surface area contributed by atoms with Gasteiger partial charge in [-0.2, -0.15) is 0 Å². The van der Waals surface area contributed by atoms with Gasteiger partial charge in [0.15, 0.2) is 0 Å². The molecule has 0 amide bonds. The molecule has 3 aromatic rings. The van der Waals surface area contributed by atoms with Gasteiger partial charge in [-0.25, -0.2) is 0 Å². The SMILES string of the molecule is CC[Si](Oc1ccccc1)(c1ccccc1)c1ccccc1. The van der Waals surface area contributed by atoms with Crippen molar-refractivity contribution in [3.05, 3.63) is 91.0 Å². The topological polar surface area (TPSA) is 9.23 Å². The Morgan fingerprint density at radius 2 is 1.05 bits per heavy atom. The average molecular weight is 304 g/mol. The first-order chi connectivity index (χ1) is 10.8. The van der Waals surface area contributed by atoms with E-state index in [4.69, 9.17) is 4.43 Å². The van der Waals surface area contributed by atoms with Crippen molar-refractivity contribution < 1.29 is 4.43 Å². The highest BCUT2D eigenvalue weighted by atomic mass is 28.4. The third-order valence-corrected chi connectivity index (χ3v) is 8.13. The first-order valence-corrected chi connectivity index (χ1v) is 9.82. The Morgan fingerprint density at radius 1 is 0.636 bits per heavy atom. The summed E-state index contributed by atoms with van der Waals surface area (Å²) >= 11 is 0. The molecule has 0 bridgehead atoms. The van der Waals surface area contributed by atoms with Crippen molar-refractivity contribution in [1.29, 1.82) is 0 Å². The second kappa shape index (κ2) is 6.63. The zero-order valence-electron chi connectivity index (χ0n) is 12.8. The zero-order chi connectivity index (χ0) is 15.3. The Hall–Kier alpha value is -2.32. The minimum atomic E-state index is -2.26. The van der Waals surface area contributed by atoms with Crippen LogP contribution in [-0.4, -0.2) is 8.32 Å². The molecule has 0 heterocycles. The molecule has 22 heavy (non-hydrogen) atoms. The Labute approximate surface area is 133 Å². The molecule has 0 radical (unpaired) electrons. The van der Waals surface area contributed by atoms with E-state index in [1.165, 1.54) is 10.4 Å². The Balaban J connectivity index is 2.13. The standard InChI is InChI=1S/C20H20OSi/c1-2-22(19-14-8-4-9-15-19,20-16-10-5-11-17-20)21-18-12-6-3-7-13-18/h3-17H,2H2,1H3. The van der Waals surface area contributed by atoms with E-state index in [1.54, 1.807) is 0 Å². The maximum absolute atomic E-state index is 6.66. The average Bonchev–Trinajstić information content (AvgIpc) is 2.62. The van der Waals surface area contributed by atoms with E-state index < -0.39 is 8.32 Å². The summed E-state index contributed by atoms with van der Waals surface area (Å²) in [4.78, 5) is 0. The summed E-state index contributed by atoms with van der Waals surface area (Å²) in [6, 6.07) is 32.5. The number of rotatable bonds is 5. The molecule has 0 unspecified atom stereocenters. The van der Waals surface area contributed by atoms with Gasteiger partial charge in [0.25, 0.3) is 0 Å². The van der Waals surface area contributed by atoms with E-state index >= 15 is 0 Å². The summed E-state index contributed by atoms with van der Waals surface area (Å²) in [6.45, 7) is 2.23. The molecule has 0 aromatic heterocycles. The van der Waals surface area contributed by atoms with Gasteiger partial charge in [0, 0.05) is 0 Å². The Kier molecular flexibility index (Phi) is 4.40. The molecule has 0 fully saturated rings. The van der Waals surface area contributed by atoms with E-state index in [9.17, 15) is 0 Å². The molecule has 1 nitrogen and oxygen atoms in total. The predicted molar refractivity (Wildman–Crippen MR) is 95.5 cm³/mol. The van der Waals surface area contributed by atoms with Crippen LogP contribution in [-0.2, 0) is 0 Å². The maximum atomic E-state index is 6.66.